The zero-order valence-corrected chi connectivity index (χ0v) is 13.8. The second kappa shape index (κ2) is 7.71. The molecule has 9 heteroatoms. The van der Waals surface area contributed by atoms with Crippen molar-refractivity contribution in [1.82, 2.24) is 10.6 Å². The summed E-state index contributed by atoms with van der Waals surface area (Å²) in [6.07, 6.45) is 0. The SMILES string of the molecule is COC(=O)c1cc(NCC(=O)NC(=O)NC(C)(C)C)c(F)cc1F. The number of benzene rings is 1. The summed E-state index contributed by atoms with van der Waals surface area (Å²) in [5.74, 6) is -3.80. The summed E-state index contributed by atoms with van der Waals surface area (Å²) in [4.78, 5) is 34.5. The third-order valence-corrected chi connectivity index (χ3v) is 2.64. The minimum Gasteiger partial charge on any atom is -0.465 e. The van der Waals surface area contributed by atoms with Crippen LogP contribution in [-0.4, -0.2) is 37.1 Å². The lowest BCUT2D eigenvalue weighted by Crippen LogP contribution is -2.49. The Morgan fingerprint density at radius 3 is 2.29 bits per heavy atom. The third-order valence-electron chi connectivity index (χ3n) is 2.64. The molecule has 0 spiro atoms. The fraction of sp³-hybridized carbons (Fsp3) is 0.400. The third kappa shape index (κ3) is 5.82. The lowest BCUT2D eigenvalue weighted by atomic mass is 10.1. The molecular formula is C15H19F2N3O4. The van der Waals surface area contributed by atoms with E-state index in [1.165, 1.54) is 0 Å². The molecule has 0 heterocycles. The quantitative estimate of drug-likeness (QED) is 0.724. The van der Waals surface area contributed by atoms with Gasteiger partial charge in [-0.2, -0.15) is 0 Å². The Hall–Kier alpha value is -2.71. The summed E-state index contributed by atoms with van der Waals surface area (Å²) in [6.45, 7) is 4.74. The minimum absolute atomic E-state index is 0.275. The van der Waals surface area contributed by atoms with Crippen LogP contribution in [0.4, 0.5) is 19.3 Å². The van der Waals surface area contributed by atoms with Crippen molar-refractivity contribution >= 4 is 23.6 Å². The van der Waals surface area contributed by atoms with Gasteiger partial charge in [0, 0.05) is 11.6 Å². The van der Waals surface area contributed by atoms with Gasteiger partial charge in [0.2, 0.25) is 5.91 Å². The maximum absolute atomic E-state index is 13.7. The molecule has 0 bridgehead atoms. The van der Waals surface area contributed by atoms with Gasteiger partial charge in [-0.05, 0) is 26.8 Å². The number of amides is 3. The summed E-state index contributed by atoms with van der Waals surface area (Å²) in [5.41, 5.74) is -1.29. The van der Waals surface area contributed by atoms with Crippen LogP contribution in [0.15, 0.2) is 12.1 Å². The molecule has 1 aromatic rings. The molecule has 3 N–H and O–H groups in total. The first-order valence-electron chi connectivity index (χ1n) is 6.96. The number of anilines is 1. The first kappa shape index (κ1) is 19.3. The van der Waals surface area contributed by atoms with Crippen molar-refractivity contribution in [3.05, 3.63) is 29.3 Å². The van der Waals surface area contributed by atoms with Gasteiger partial charge in [-0.1, -0.05) is 0 Å². The highest BCUT2D eigenvalue weighted by Crippen LogP contribution is 2.20. The van der Waals surface area contributed by atoms with Crippen LogP contribution in [0.1, 0.15) is 31.1 Å². The van der Waals surface area contributed by atoms with Crippen LogP contribution in [0.25, 0.3) is 0 Å². The van der Waals surface area contributed by atoms with E-state index in [4.69, 9.17) is 0 Å². The number of carbonyl (C=O) groups is 3. The molecule has 0 aromatic heterocycles. The Labute approximate surface area is 137 Å². The van der Waals surface area contributed by atoms with E-state index in [1.54, 1.807) is 20.8 Å². The Morgan fingerprint density at radius 2 is 1.75 bits per heavy atom. The van der Waals surface area contributed by atoms with Gasteiger partial charge in [0.15, 0.2) is 0 Å². The molecule has 0 aliphatic carbocycles. The zero-order chi connectivity index (χ0) is 18.5. The molecule has 0 aliphatic rings. The van der Waals surface area contributed by atoms with Crippen molar-refractivity contribution in [2.45, 2.75) is 26.3 Å². The lowest BCUT2D eigenvalue weighted by molar-refractivity contribution is -0.118. The number of nitrogens with one attached hydrogen (secondary N) is 3. The number of hydrogen-bond donors (Lipinski definition) is 3. The Kier molecular flexibility index (Phi) is 6.21. The fourth-order valence-electron chi connectivity index (χ4n) is 1.67. The monoisotopic (exact) mass is 343 g/mol. The van der Waals surface area contributed by atoms with Crippen molar-refractivity contribution in [3.8, 4) is 0 Å². The Bertz CT molecular complexity index is 657. The van der Waals surface area contributed by atoms with Crippen LogP contribution in [0.3, 0.4) is 0 Å². The molecular weight excluding hydrogens is 324 g/mol. The molecule has 0 saturated heterocycles. The number of carbonyl (C=O) groups excluding carboxylic acids is 3. The lowest BCUT2D eigenvalue weighted by Gasteiger charge is -2.20. The predicted molar refractivity (Wildman–Crippen MR) is 82.6 cm³/mol. The normalized spacial score (nSPS) is 10.8. The second-order valence-corrected chi connectivity index (χ2v) is 5.91. The summed E-state index contributed by atoms with van der Waals surface area (Å²) in [6, 6.07) is 0.682. The van der Waals surface area contributed by atoms with Gasteiger partial charge in [0.05, 0.1) is 24.9 Å². The number of imide groups is 1. The molecule has 132 valence electrons. The molecule has 0 fully saturated rings. The maximum Gasteiger partial charge on any atom is 0.340 e. The predicted octanol–water partition coefficient (Wildman–Crippen LogP) is 1.79. The molecule has 0 unspecified atom stereocenters. The highest BCUT2D eigenvalue weighted by molar-refractivity contribution is 5.96. The van der Waals surface area contributed by atoms with E-state index < -0.39 is 47.2 Å². The number of esters is 1. The van der Waals surface area contributed by atoms with E-state index >= 15 is 0 Å². The van der Waals surface area contributed by atoms with Crippen molar-refractivity contribution in [1.29, 1.82) is 0 Å². The number of hydrogen-bond acceptors (Lipinski definition) is 5. The average Bonchev–Trinajstić information content (AvgIpc) is 2.43. The smallest absolute Gasteiger partial charge is 0.340 e. The average molecular weight is 343 g/mol. The van der Waals surface area contributed by atoms with Gasteiger partial charge in [-0.25, -0.2) is 18.4 Å². The number of methoxy groups -OCH3 is 1. The largest absolute Gasteiger partial charge is 0.465 e. The van der Waals surface area contributed by atoms with Gasteiger partial charge >= 0.3 is 12.0 Å². The summed E-state index contributed by atoms with van der Waals surface area (Å²) in [7, 11) is 1.06. The van der Waals surface area contributed by atoms with E-state index in [1.807, 2.05) is 5.32 Å². The molecule has 1 rings (SSSR count). The van der Waals surface area contributed by atoms with Crippen LogP contribution in [-0.2, 0) is 9.53 Å². The van der Waals surface area contributed by atoms with Crippen molar-refractivity contribution in [2.24, 2.45) is 0 Å². The molecule has 1 aromatic carbocycles. The van der Waals surface area contributed by atoms with Crippen molar-refractivity contribution in [2.75, 3.05) is 19.0 Å². The second-order valence-electron chi connectivity index (χ2n) is 5.91. The fourth-order valence-corrected chi connectivity index (χ4v) is 1.67. The Morgan fingerprint density at radius 1 is 1.12 bits per heavy atom. The van der Waals surface area contributed by atoms with Crippen molar-refractivity contribution in [3.63, 3.8) is 0 Å². The van der Waals surface area contributed by atoms with Crippen molar-refractivity contribution < 1.29 is 27.9 Å². The molecule has 24 heavy (non-hydrogen) atoms. The van der Waals surface area contributed by atoms with Crippen LogP contribution in [0.2, 0.25) is 0 Å². The van der Waals surface area contributed by atoms with E-state index in [9.17, 15) is 23.2 Å². The van der Waals surface area contributed by atoms with Crippen LogP contribution in [0.5, 0.6) is 0 Å². The van der Waals surface area contributed by atoms with Crippen LogP contribution < -0.4 is 16.0 Å². The molecule has 0 radical (unpaired) electrons. The topological polar surface area (TPSA) is 96.5 Å². The molecule has 3 amide bonds. The molecule has 7 nitrogen and oxygen atoms in total. The molecule has 0 aliphatic heterocycles. The standard InChI is InChI=1S/C15H19F2N3O4/c1-15(2,3)20-14(23)19-12(21)7-18-11-5-8(13(22)24-4)9(16)6-10(11)17/h5-6,18H,7H2,1-4H3,(H2,19,20,21,23). The number of urea groups is 1. The maximum atomic E-state index is 13.7. The van der Waals surface area contributed by atoms with Crippen LogP contribution >= 0.6 is 0 Å². The van der Waals surface area contributed by atoms with E-state index in [2.05, 4.69) is 15.4 Å². The molecule has 0 saturated carbocycles. The van der Waals surface area contributed by atoms with E-state index in [-0.39, 0.29) is 5.69 Å². The number of halogens is 2. The van der Waals surface area contributed by atoms with Gasteiger partial charge in [0.25, 0.3) is 0 Å². The minimum atomic E-state index is -1.08. The molecule has 0 atom stereocenters. The summed E-state index contributed by atoms with van der Waals surface area (Å²) < 4.78 is 31.5. The zero-order valence-electron chi connectivity index (χ0n) is 13.8. The first-order valence-corrected chi connectivity index (χ1v) is 6.96. The summed E-state index contributed by atoms with van der Waals surface area (Å²) >= 11 is 0. The highest BCUT2D eigenvalue weighted by atomic mass is 19.1. The van der Waals surface area contributed by atoms with Gasteiger partial charge in [0.1, 0.15) is 11.6 Å². The van der Waals surface area contributed by atoms with Gasteiger partial charge < -0.3 is 15.4 Å². The van der Waals surface area contributed by atoms with Crippen LogP contribution in [0, 0.1) is 11.6 Å². The summed E-state index contributed by atoms with van der Waals surface area (Å²) in [5, 5.41) is 6.95. The highest BCUT2D eigenvalue weighted by Gasteiger charge is 2.18. The van der Waals surface area contributed by atoms with Gasteiger partial charge in [-0.3, -0.25) is 10.1 Å². The van der Waals surface area contributed by atoms with E-state index in [0.717, 1.165) is 13.2 Å². The Balaban J connectivity index is 2.72. The first-order chi connectivity index (χ1) is 11.0. The number of rotatable bonds is 4. The van der Waals surface area contributed by atoms with Gasteiger partial charge in [-0.15, -0.1) is 0 Å². The van der Waals surface area contributed by atoms with E-state index in [0.29, 0.717) is 6.07 Å². The number of ether oxygens (including phenoxy) is 1.